The number of benzene rings is 4. The minimum atomic E-state index is 0.640. The van der Waals surface area contributed by atoms with E-state index in [0.717, 1.165) is 28.9 Å². The topological polar surface area (TPSA) is 55.1 Å². The zero-order valence-electron chi connectivity index (χ0n) is 21.2. The van der Waals surface area contributed by atoms with Crippen LogP contribution in [0.2, 0.25) is 0 Å². The number of nitrogens with two attached hydrogens (primary N) is 1. The van der Waals surface area contributed by atoms with Gasteiger partial charge in [-0.15, -0.1) is 0 Å². The largest absolute Gasteiger partial charge is 0.372 e. The highest BCUT2D eigenvalue weighted by Gasteiger charge is 1.98. The Hall–Kier alpha value is -1.84. The molecule has 0 bridgehead atoms. The normalized spacial score (nSPS) is 8.72. The molecule has 4 rings (SSSR count). The first-order valence-electron chi connectivity index (χ1n) is 11.5. The van der Waals surface area contributed by atoms with Gasteiger partial charge in [-0.05, 0) is 11.1 Å². The predicted molar refractivity (Wildman–Crippen MR) is 197 cm³/mol. The van der Waals surface area contributed by atoms with Gasteiger partial charge >= 0.3 is 0 Å². The number of carbonyl (C=O) groups excluding carboxylic acids is 1. The van der Waals surface area contributed by atoms with Crippen LogP contribution in [0.5, 0.6) is 0 Å². The molecule has 0 spiro atoms. The number of aldehydes is 1. The van der Waals surface area contributed by atoms with Crippen molar-refractivity contribution in [3.63, 3.8) is 0 Å². The fourth-order valence-corrected chi connectivity index (χ4v) is 13.8. The van der Waals surface area contributed by atoms with Crippen molar-refractivity contribution in [1.29, 1.82) is 0 Å². The van der Waals surface area contributed by atoms with Crippen LogP contribution < -0.4 is 11.1 Å². The Labute approximate surface area is 269 Å². The van der Waals surface area contributed by atoms with Gasteiger partial charge in [0.2, 0.25) is 0 Å². The lowest BCUT2D eigenvalue weighted by Gasteiger charge is -2.07. The molecule has 0 amide bonds. The molecule has 0 atom stereocenters. The maximum atomic E-state index is 10.0. The number of hydrogen-bond acceptors (Lipinski definition) is 5. The Morgan fingerprint density at radius 3 is 1.45 bits per heavy atom. The molecule has 0 aliphatic carbocycles. The van der Waals surface area contributed by atoms with Gasteiger partial charge in [0.25, 0.3) is 0 Å². The first kappa shape index (κ1) is 36.2. The standard InChI is InChI=1S/C14H13NS.C7H9N.C7H6O.S8/c16-14(13-9-5-2-6-10-13)15-11-12-7-3-1-4-8-12;2*8-6-7-4-2-1-3-5-7;1-3-5-7-8-6-4-2/h1-10H,11H2,(H,15,16);1-5H,6,8H2;1-6H;. The monoisotopic (exact) mass is 696 g/mol. The molecule has 40 heavy (non-hydrogen) atoms. The molecule has 0 radical (unpaired) electrons. The van der Waals surface area contributed by atoms with Gasteiger partial charge in [0.1, 0.15) is 11.3 Å². The van der Waals surface area contributed by atoms with E-state index in [2.05, 4.69) is 39.8 Å². The van der Waals surface area contributed by atoms with Crippen molar-refractivity contribution in [3.8, 4) is 0 Å². The Balaban J connectivity index is 0.000000285. The van der Waals surface area contributed by atoms with Crippen LogP contribution >= 0.6 is 12.2 Å². The average Bonchev–Trinajstić information content (AvgIpc) is 3.04. The summed E-state index contributed by atoms with van der Waals surface area (Å²) in [4.78, 5) is 10.8. The highest BCUT2D eigenvalue weighted by Crippen LogP contribution is 2.02. The van der Waals surface area contributed by atoms with Crippen molar-refractivity contribution in [2.75, 3.05) is 0 Å². The SMILES string of the molecule is NCc1ccccc1.O=Cc1ccccc1.S=C(NCc1ccccc1)c1ccccc1.S=S=S=S=S=S=S=S. The van der Waals surface area contributed by atoms with Crippen LogP contribution in [0.4, 0.5) is 0 Å². The maximum absolute atomic E-state index is 10.0. The summed E-state index contributed by atoms with van der Waals surface area (Å²) in [6, 6.07) is 39.3. The van der Waals surface area contributed by atoms with E-state index in [1.54, 1.807) is 47.7 Å². The fraction of sp³-hybridized carbons (Fsp3) is 0.0714. The molecule has 4 aromatic carbocycles. The molecule has 0 unspecified atom stereocenters. The van der Waals surface area contributed by atoms with Gasteiger partial charge in [0, 0.05) is 99.9 Å². The molecule has 210 valence electrons. The van der Waals surface area contributed by atoms with Crippen LogP contribution in [-0.2, 0) is 88.7 Å². The highest BCUT2D eigenvalue weighted by atomic mass is 33.4. The van der Waals surface area contributed by atoms with Crippen molar-refractivity contribution in [2.24, 2.45) is 5.73 Å². The van der Waals surface area contributed by atoms with Crippen molar-refractivity contribution < 1.29 is 4.79 Å². The average molecular weight is 697 g/mol. The van der Waals surface area contributed by atoms with Crippen LogP contribution in [0, 0.1) is 0 Å². The van der Waals surface area contributed by atoms with Gasteiger partial charge in [-0.25, -0.2) is 0 Å². The van der Waals surface area contributed by atoms with Crippen molar-refractivity contribution >= 4 is 99.2 Å². The van der Waals surface area contributed by atoms with E-state index >= 15 is 0 Å². The number of thiocarbonyl (C=S) groups is 1. The van der Waals surface area contributed by atoms with Crippen molar-refractivity contribution in [2.45, 2.75) is 13.1 Å². The third kappa shape index (κ3) is 19.3. The van der Waals surface area contributed by atoms with E-state index in [1.165, 1.54) is 28.9 Å². The molecule has 3 nitrogen and oxygen atoms in total. The Morgan fingerprint density at radius 2 is 1.07 bits per heavy atom. The summed E-state index contributed by atoms with van der Waals surface area (Å²) in [5.41, 5.74) is 9.57. The molecular weight excluding hydrogens is 669 g/mol. The zero-order valence-corrected chi connectivity index (χ0v) is 28.5. The highest BCUT2D eigenvalue weighted by molar-refractivity contribution is 8.70. The zero-order chi connectivity index (χ0) is 29.1. The molecular formula is C28H28N2OS9. The summed E-state index contributed by atoms with van der Waals surface area (Å²) < 4.78 is 0. The number of rotatable bonds is 5. The molecule has 0 aliphatic heterocycles. The lowest BCUT2D eigenvalue weighted by atomic mass is 10.2. The van der Waals surface area contributed by atoms with Crippen LogP contribution in [0.3, 0.4) is 0 Å². The summed E-state index contributed by atoms with van der Waals surface area (Å²) in [6.45, 7) is 1.41. The minimum Gasteiger partial charge on any atom is -0.372 e. The molecule has 3 N–H and O–H groups in total. The molecule has 0 aliphatic rings. The molecule has 0 saturated heterocycles. The molecule has 12 heteroatoms. The number of nitrogens with one attached hydrogen (secondary N) is 1. The Kier molecular flexibility index (Phi) is 23.6. The van der Waals surface area contributed by atoms with Gasteiger partial charge in [-0.2, -0.15) is 0 Å². The summed E-state index contributed by atoms with van der Waals surface area (Å²) in [6.07, 6.45) is 0.833. The second kappa shape index (κ2) is 26.1. The fourth-order valence-electron chi connectivity index (χ4n) is 2.66. The van der Waals surface area contributed by atoms with Gasteiger partial charge in [-0.3, -0.25) is 4.79 Å². The summed E-state index contributed by atoms with van der Waals surface area (Å²) >= 11 is 14.5. The second-order valence-corrected chi connectivity index (χ2v) is 18.2. The number of carbonyl (C=O) groups is 1. The predicted octanol–water partition coefficient (Wildman–Crippen LogP) is 5.78. The first-order valence-corrected chi connectivity index (χ1v) is 21.2. The van der Waals surface area contributed by atoms with Crippen molar-refractivity contribution in [1.82, 2.24) is 5.32 Å². The molecule has 0 saturated carbocycles. The first-order chi connectivity index (χ1) is 19.6. The third-order valence-corrected chi connectivity index (χ3v) is 16.0. The van der Waals surface area contributed by atoms with Gasteiger partial charge < -0.3 is 11.1 Å². The molecule has 0 aromatic heterocycles. The molecule has 0 fully saturated rings. The van der Waals surface area contributed by atoms with E-state index in [4.69, 9.17) is 18.0 Å². The van der Waals surface area contributed by atoms with Crippen LogP contribution in [-0.4, -0.2) is 11.3 Å². The lowest BCUT2D eigenvalue weighted by molar-refractivity contribution is 0.112. The van der Waals surface area contributed by atoms with Crippen LogP contribution in [0.15, 0.2) is 121 Å². The smallest absolute Gasteiger partial charge is 0.150 e. The van der Waals surface area contributed by atoms with Crippen LogP contribution in [0.25, 0.3) is 0 Å². The minimum absolute atomic E-state index is 0.640. The summed E-state index contributed by atoms with van der Waals surface area (Å²) in [5.74, 6) is 0. The van der Waals surface area contributed by atoms with Gasteiger partial charge in [-0.1, -0.05) is 134 Å². The van der Waals surface area contributed by atoms with E-state index in [0.29, 0.717) is 6.54 Å². The summed E-state index contributed by atoms with van der Waals surface area (Å²) in [7, 11) is 9.12. The summed E-state index contributed by atoms with van der Waals surface area (Å²) in [5, 5.41) is 3.25. The second-order valence-electron chi connectivity index (χ2n) is 7.16. The quantitative estimate of drug-likeness (QED) is 0.204. The van der Waals surface area contributed by atoms with E-state index in [9.17, 15) is 4.79 Å². The number of hydrogen-bond donors (Lipinski definition) is 2. The van der Waals surface area contributed by atoms with Crippen molar-refractivity contribution in [3.05, 3.63) is 144 Å². The maximum Gasteiger partial charge on any atom is 0.150 e. The van der Waals surface area contributed by atoms with E-state index in [1.807, 2.05) is 97.1 Å². The molecule has 4 aromatic rings. The van der Waals surface area contributed by atoms with Gasteiger partial charge in [0.05, 0.1) is 0 Å². The Morgan fingerprint density at radius 1 is 0.650 bits per heavy atom. The Bertz CT molecular complexity index is 1470. The van der Waals surface area contributed by atoms with E-state index < -0.39 is 0 Å². The van der Waals surface area contributed by atoms with E-state index in [-0.39, 0.29) is 0 Å². The lowest BCUT2D eigenvalue weighted by Crippen LogP contribution is -2.21. The molecule has 0 heterocycles. The van der Waals surface area contributed by atoms with Crippen LogP contribution in [0.1, 0.15) is 27.0 Å². The third-order valence-electron chi connectivity index (χ3n) is 4.48. The van der Waals surface area contributed by atoms with Gasteiger partial charge in [0.15, 0.2) is 0 Å².